The molecule has 4 rings (SSSR count). The molecule has 172 valence electrons. The van der Waals surface area contributed by atoms with E-state index in [9.17, 15) is 9.59 Å². The highest BCUT2D eigenvalue weighted by atomic mass is 32.2. The molecule has 3 aromatic rings. The highest BCUT2D eigenvalue weighted by molar-refractivity contribution is 7.99. The monoisotopic (exact) mass is 465 g/mol. The Balaban J connectivity index is 1.42. The Morgan fingerprint density at radius 1 is 1.18 bits per heavy atom. The number of nitrogens with zero attached hydrogens (tertiary/aromatic N) is 4. The van der Waals surface area contributed by atoms with Crippen molar-refractivity contribution >= 4 is 29.3 Å². The van der Waals surface area contributed by atoms with Gasteiger partial charge in [0.1, 0.15) is 5.75 Å². The number of nitrogens with one attached hydrogen (secondary N) is 1. The Bertz CT molecular complexity index is 1160. The van der Waals surface area contributed by atoms with Crippen LogP contribution in [0.3, 0.4) is 0 Å². The number of rotatable bonds is 7. The fourth-order valence-corrected chi connectivity index (χ4v) is 4.73. The molecule has 1 aliphatic heterocycles. The van der Waals surface area contributed by atoms with Crippen LogP contribution in [0.5, 0.6) is 5.75 Å². The highest BCUT2D eigenvalue weighted by Crippen LogP contribution is 2.33. The van der Waals surface area contributed by atoms with Crippen molar-refractivity contribution in [2.75, 3.05) is 24.7 Å². The molecule has 0 radical (unpaired) electrons. The summed E-state index contributed by atoms with van der Waals surface area (Å²) in [5.41, 5.74) is 2.36. The fraction of sp³-hybridized carbons (Fsp3) is 0.333. The summed E-state index contributed by atoms with van der Waals surface area (Å²) in [6.07, 6.45) is 1.76. The van der Waals surface area contributed by atoms with Gasteiger partial charge in [0, 0.05) is 30.9 Å². The summed E-state index contributed by atoms with van der Waals surface area (Å²) < 4.78 is 7.07. The van der Waals surface area contributed by atoms with E-state index in [2.05, 4.69) is 15.5 Å². The third-order valence-electron chi connectivity index (χ3n) is 5.74. The molecule has 1 unspecified atom stereocenters. The Labute approximate surface area is 197 Å². The lowest BCUT2D eigenvalue weighted by Crippen LogP contribution is -2.32. The molecule has 8 nitrogen and oxygen atoms in total. The molecule has 2 amide bonds. The summed E-state index contributed by atoms with van der Waals surface area (Å²) in [6, 6.07) is 14.7. The third kappa shape index (κ3) is 5.03. The Kier molecular flexibility index (Phi) is 6.98. The maximum atomic E-state index is 13.2. The molecule has 33 heavy (non-hydrogen) atoms. The summed E-state index contributed by atoms with van der Waals surface area (Å²) in [4.78, 5) is 27.5. The molecule has 1 aromatic heterocycles. The van der Waals surface area contributed by atoms with Crippen LogP contribution in [0.15, 0.2) is 53.7 Å². The first-order valence-electron chi connectivity index (χ1n) is 10.8. The SMILES string of the molecule is COc1cccc(NC(=O)CSc2nnc(C3CCCN3C(=O)c3ccccc3C)n2C)c1. The average molecular weight is 466 g/mol. The predicted octanol–water partition coefficient (Wildman–Crippen LogP) is 3.84. The van der Waals surface area contributed by atoms with Gasteiger partial charge < -0.3 is 19.5 Å². The van der Waals surface area contributed by atoms with Gasteiger partial charge in [0.25, 0.3) is 5.91 Å². The number of carbonyl (C=O) groups excluding carboxylic acids is 2. The number of likely N-dealkylation sites (tertiary alicyclic amines) is 1. The fourth-order valence-electron chi connectivity index (χ4n) is 4.02. The van der Waals surface area contributed by atoms with Crippen LogP contribution in [-0.2, 0) is 11.8 Å². The van der Waals surface area contributed by atoms with Crippen LogP contribution < -0.4 is 10.1 Å². The molecule has 0 aliphatic carbocycles. The van der Waals surface area contributed by atoms with E-state index in [0.717, 1.165) is 29.8 Å². The zero-order valence-electron chi connectivity index (χ0n) is 18.9. The summed E-state index contributed by atoms with van der Waals surface area (Å²) in [7, 11) is 3.47. The summed E-state index contributed by atoms with van der Waals surface area (Å²) in [5.74, 6) is 1.49. The zero-order valence-corrected chi connectivity index (χ0v) is 19.8. The Morgan fingerprint density at radius 3 is 2.79 bits per heavy atom. The molecule has 1 N–H and O–H groups in total. The standard InChI is InChI=1S/C24H27N5O3S/c1-16-8-4-5-11-19(16)23(31)29-13-7-12-20(29)22-26-27-24(28(22)2)33-15-21(30)25-17-9-6-10-18(14-17)32-3/h4-6,8-11,14,20H,7,12-13,15H2,1-3H3,(H,25,30). The van der Waals surface area contributed by atoms with Crippen molar-refractivity contribution in [1.29, 1.82) is 0 Å². The molecule has 1 fully saturated rings. The number of aromatic nitrogens is 3. The van der Waals surface area contributed by atoms with Crippen molar-refractivity contribution in [2.24, 2.45) is 7.05 Å². The van der Waals surface area contributed by atoms with E-state index in [-0.39, 0.29) is 23.6 Å². The van der Waals surface area contributed by atoms with Crippen molar-refractivity contribution < 1.29 is 14.3 Å². The van der Waals surface area contributed by atoms with Gasteiger partial charge in [0.15, 0.2) is 11.0 Å². The van der Waals surface area contributed by atoms with Crippen molar-refractivity contribution in [2.45, 2.75) is 31.0 Å². The highest BCUT2D eigenvalue weighted by Gasteiger charge is 2.34. The quantitative estimate of drug-likeness (QED) is 0.534. The molecule has 9 heteroatoms. The number of anilines is 1. The molecule has 2 aromatic carbocycles. The van der Waals surface area contributed by atoms with Crippen molar-refractivity contribution in [3.63, 3.8) is 0 Å². The maximum Gasteiger partial charge on any atom is 0.254 e. The van der Waals surface area contributed by atoms with E-state index in [0.29, 0.717) is 23.1 Å². The average Bonchev–Trinajstić information content (AvgIpc) is 3.44. The van der Waals surface area contributed by atoms with Crippen LogP contribution in [0, 0.1) is 6.92 Å². The molecule has 0 saturated carbocycles. The van der Waals surface area contributed by atoms with Crippen molar-refractivity contribution in [3.8, 4) is 5.75 Å². The maximum absolute atomic E-state index is 13.2. The third-order valence-corrected chi connectivity index (χ3v) is 6.76. The number of aryl methyl sites for hydroxylation is 1. The van der Waals surface area contributed by atoms with Gasteiger partial charge in [-0.1, -0.05) is 36.0 Å². The van der Waals surface area contributed by atoms with Crippen LogP contribution >= 0.6 is 11.8 Å². The second-order valence-corrected chi connectivity index (χ2v) is 8.88. The first kappa shape index (κ1) is 22.8. The number of hydrogen-bond donors (Lipinski definition) is 1. The molecular formula is C24H27N5O3S. The zero-order chi connectivity index (χ0) is 23.4. The first-order chi connectivity index (χ1) is 16.0. The normalized spacial score (nSPS) is 15.5. The number of hydrogen-bond acceptors (Lipinski definition) is 6. The topological polar surface area (TPSA) is 89.3 Å². The van der Waals surface area contributed by atoms with Gasteiger partial charge >= 0.3 is 0 Å². The number of carbonyl (C=O) groups is 2. The van der Waals surface area contributed by atoms with E-state index < -0.39 is 0 Å². The Hall–Kier alpha value is -3.33. The van der Waals surface area contributed by atoms with Crippen molar-refractivity contribution in [1.82, 2.24) is 19.7 Å². The molecule has 1 aliphatic rings. The minimum atomic E-state index is -0.143. The molecular weight excluding hydrogens is 438 g/mol. The molecule has 0 spiro atoms. The van der Waals surface area contributed by atoms with Gasteiger partial charge in [0.2, 0.25) is 5.91 Å². The minimum Gasteiger partial charge on any atom is -0.497 e. The van der Waals surface area contributed by atoms with Gasteiger partial charge in [-0.25, -0.2) is 0 Å². The molecule has 2 heterocycles. The lowest BCUT2D eigenvalue weighted by Gasteiger charge is -2.24. The van der Waals surface area contributed by atoms with E-state index in [4.69, 9.17) is 4.74 Å². The second kappa shape index (κ2) is 10.1. The van der Waals surface area contributed by atoms with Crippen LogP contribution in [0.25, 0.3) is 0 Å². The van der Waals surface area contributed by atoms with Gasteiger partial charge in [-0.15, -0.1) is 10.2 Å². The predicted molar refractivity (Wildman–Crippen MR) is 128 cm³/mol. The number of ether oxygens (including phenoxy) is 1. The second-order valence-electron chi connectivity index (χ2n) is 7.94. The summed E-state index contributed by atoms with van der Waals surface area (Å²) >= 11 is 1.32. The van der Waals surface area contributed by atoms with E-state index >= 15 is 0 Å². The summed E-state index contributed by atoms with van der Waals surface area (Å²) in [5, 5.41) is 12.2. The van der Waals surface area contributed by atoms with E-state index in [1.807, 2.05) is 65.9 Å². The van der Waals surface area contributed by atoms with Crippen LogP contribution in [0.1, 0.15) is 40.6 Å². The molecule has 1 saturated heterocycles. The number of thioether (sulfide) groups is 1. The number of amides is 2. The van der Waals surface area contributed by atoms with Gasteiger partial charge in [-0.2, -0.15) is 0 Å². The van der Waals surface area contributed by atoms with E-state index in [1.165, 1.54) is 11.8 Å². The molecule has 0 bridgehead atoms. The molecule has 1 atom stereocenters. The van der Waals surface area contributed by atoms with Crippen molar-refractivity contribution in [3.05, 3.63) is 65.5 Å². The van der Waals surface area contributed by atoms with Crippen LogP contribution in [0.4, 0.5) is 5.69 Å². The van der Waals surface area contributed by atoms with E-state index in [1.54, 1.807) is 13.2 Å². The van der Waals surface area contributed by atoms with Crippen LogP contribution in [-0.4, -0.2) is 50.9 Å². The number of methoxy groups -OCH3 is 1. The lowest BCUT2D eigenvalue weighted by atomic mass is 10.1. The van der Waals surface area contributed by atoms with Crippen LogP contribution in [0.2, 0.25) is 0 Å². The minimum absolute atomic E-state index is 0.0190. The first-order valence-corrected chi connectivity index (χ1v) is 11.8. The van der Waals surface area contributed by atoms with Gasteiger partial charge in [-0.05, 0) is 43.5 Å². The lowest BCUT2D eigenvalue weighted by molar-refractivity contribution is -0.113. The summed E-state index contributed by atoms with van der Waals surface area (Å²) in [6.45, 7) is 2.64. The smallest absolute Gasteiger partial charge is 0.254 e. The van der Waals surface area contributed by atoms with Gasteiger partial charge in [0.05, 0.1) is 18.9 Å². The van der Waals surface area contributed by atoms with Gasteiger partial charge in [-0.3, -0.25) is 9.59 Å². The Morgan fingerprint density at radius 2 is 2.00 bits per heavy atom. The number of benzene rings is 2. The largest absolute Gasteiger partial charge is 0.497 e.